The van der Waals surface area contributed by atoms with Crippen LogP contribution >= 0.6 is 0 Å². The predicted molar refractivity (Wildman–Crippen MR) is 122 cm³/mol. The number of fused-ring (bicyclic) bond motifs is 2. The quantitative estimate of drug-likeness (QED) is 0.647. The topological polar surface area (TPSA) is 93.2 Å². The van der Waals surface area contributed by atoms with Crippen molar-refractivity contribution in [2.45, 2.75) is 44.1 Å². The van der Waals surface area contributed by atoms with Gasteiger partial charge in [0.25, 0.3) is 5.91 Å². The number of anilines is 1. The Morgan fingerprint density at radius 1 is 1.12 bits per heavy atom. The largest absolute Gasteiger partial charge is 0.392 e. The average Bonchev–Trinajstić information content (AvgIpc) is 3.17. The second-order valence-electron chi connectivity index (χ2n) is 9.43. The van der Waals surface area contributed by atoms with E-state index in [1.807, 2.05) is 29.2 Å². The van der Waals surface area contributed by atoms with Gasteiger partial charge in [-0.05, 0) is 30.2 Å². The SMILES string of the molecule is CC(=O)Nc1ccc(CN2CC3(C2)C(=O)N(Cc2ccccc2F)C(=O)[C@@H]2C[C@@H](O)CN23)cc1. The van der Waals surface area contributed by atoms with Gasteiger partial charge in [-0.15, -0.1) is 0 Å². The van der Waals surface area contributed by atoms with Crippen molar-refractivity contribution in [1.29, 1.82) is 0 Å². The van der Waals surface area contributed by atoms with Crippen molar-refractivity contribution in [2.75, 3.05) is 25.0 Å². The summed E-state index contributed by atoms with van der Waals surface area (Å²) in [7, 11) is 0. The van der Waals surface area contributed by atoms with Crippen LogP contribution in [0.25, 0.3) is 0 Å². The molecule has 178 valence electrons. The molecule has 2 aromatic rings. The van der Waals surface area contributed by atoms with Crippen LogP contribution in [-0.2, 0) is 27.5 Å². The molecule has 0 saturated carbocycles. The van der Waals surface area contributed by atoms with Crippen LogP contribution in [0, 0.1) is 5.82 Å². The molecule has 34 heavy (non-hydrogen) atoms. The van der Waals surface area contributed by atoms with Crippen molar-refractivity contribution in [3.8, 4) is 0 Å². The van der Waals surface area contributed by atoms with E-state index in [1.165, 1.54) is 17.9 Å². The number of rotatable bonds is 5. The molecule has 3 amide bonds. The van der Waals surface area contributed by atoms with E-state index in [0.717, 1.165) is 11.3 Å². The van der Waals surface area contributed by atoms with Gasteiger partial charge in [0.1, 0.15) is 11.4 Å². The van der Waals surface area contributed by atoms with Crippen LogP contribution in [0.2, 0.25) is 0 Å². The number of likely N-dealkylation sites (tertiary alicyclic amines) is 1. The molecule has 8 nitrogen and oxygen atoms in total. The highest BCUT2D eigenvalue weighted by atomic mass is 19.1. The lowest BCUT2D eigenvalue weighted by Crippen LogP contribution is -2.81. The molecular formula is C25H27FN4O4. The summed E-state index contributed by atoms with van der Waals surface area (Å²) in [5.41, 5.74) is 1.14. The Morgan fingerprint density at radius 3 is 2.50 bits per heavy atom. The first-order valence-electron chi connectivity index (χ1n) is 11.4. The average molecular weight is 467 g/mol. The summed E-state index contributed by atoms with van der Waals surface area (Å²) in [5, 5.41) is 13.0. The zero-order valence-corrected chi connectivity index (χ0v) is 18.9. The molecule has 9 heteroatoms. The minimum Gasteiger partial charge on any atom is -0.392 e. The van der Waals surface area contributed by atoms with Crippen molar-refractivity contribution in [3.63, 3.8) is 0 Å². The van der Waals surface area contributed by atoms with E-state index < -0.39 is 23.5 Å². The third-order valence-corrected chi connectivity index (χ3v) is 6.96. The highest BCUT2D eigenvalue weighted by Crippen LogP contribution is 2.41. The van der Waals surface area contributed by atoms with Gasteiger partial charge in [-0.3, -0.25) is 29.1 Å². The molecule has 2 N–H and O–H groups in total. The smallest absolute Gasteiger partial charge is 0.252 e. The number of aliphatic hydroxyl groups is 1. The zero-order chi connectivity index (χ0) is 24.0. The van der Waals surface area contributed by atoms with E-state index in [0.29, 0.717) is 25.2 Å². The van der Waals surface area contributed by atoms with Gasteiger partial charge >= 0.3 is 0 Å². The van der Waals surface area contributed by atoms with Gasteiger partial charge in [-0.1, -0.05) is 30.3 Å². The summed E-state index contributed by atoms with van der Waals surface area (Å²) in [6, 6.07) is 13.1. The molecule has 3 saturated heterocycles. The number of aliphatic hydroxyl groups excluding tert-OH is 1. The van der Waals surface area contributed by atoms with Crippen molar-refractivity contribution in [3.05, 3.63) is 65.5 Å². The molecule has 0 unspecified atom stereocenters. The third-order valence-electron chi connectivity index (χ3n) is 6.96. The molecule has 0 radical (unpaired) electrons. The summed E-state index contributed by atoms with van der Waals surface area (Å²) in [5.74, 6) is -1.29. The van der Waals surface area contributed by atoms with Crippen LogP contribution in [0.3, 0.4) is 0 Å². The number of benzene rings is 2. The van der Waals surface area contributed by atoms with E-state index in [2.05, 4.69) is 10.2 Å². The maximum Gasteiger partial charge on any atom is 0.252 e. The van der Waals surface area contributed by atoms with Gasteiger partial charge in [0.2, 0.25) is 11.8 Å². The molecule has 3 heterocycles. The molecular weight excluding hydrogens is 439 g/mol. The fourth-order valence-electron chi connectivity index (χ4n) is 5.40. The van der Waals surface area contributed by atoms with Crippen LogP contribution < -0.4 is 5.32 Å². The van der Waals surface area contributed by atoms with Crippen molar-refractivity contribution >= 4 is 23.4 Å². The van der Waals surface area contributed by atoms with Crippen LogP contribution in [0.5, 0.6) is 0 Å². The van der Waals surface area contributed by atoms with Gasteiger partial charge in [0.15, 0.2) is 0 Å². The van der Waals surface area contributed by atoms with E-state index in [1.54, 1.807) is 18.2 Å². The normalized spacial score (nSPS) is 24.3. The summed E-state index contributed by atoms with van der Waals surface area (Å²) in [6.07, 6.45) is -0.408. The number of imide groups is 1. The predicted octanol–water partition coefficient (Wildman–Crippen LogP) is 1.34. The summed E-state index contributed by atoms with van der Waals surface area (Å²) in [6.45, 7) is 3.06. The molecule has 5 rings (SSSR count). The molecule has 3 fully saturated rings. The van der Waals surface area contributed by atoms with Gasteiger partial charge in [0, 0.05) is 44.4 Å². The number of carbonyl (C=O) groups is 3. The maximum absolute atomic E-state index is 14.3. The van der Waals surface area contributed by atoms with Gasteiger partial charge in [0.05, 0.1) is 18.7 Å². The number of nitrogens with zero attached hydrogens (tertiary/aromatic N) is 3. The second-order valence-corrected chi connectivity index (χ2v) is 9.43. The molecule has 1 spiro atoms. The van der Waals surface area contributed by atoms with Crippen LogP contribution in [0.4, 0.5) is 10.1 Å². The minimum absolute atomic E-state index is 0.114. The second kappa shape index (κ2) is 8.57. The number of halogens is 1. The Morgan fingerprint density at radius 2 is 1.82 bits per heavy atom. The summed E-state index contributed by atoms with van der Waals surface area (Å²) < 4.78 is 14.3. The van der Waals surface area contributed by atoms with Crippen LogP contribution in [-0.4, -0.2) is 74.8 Å². The van der Waals surface area contributed by atoms with Gasteiger partial charge < -0.3 is 10.4 Å². The standard InChI is InChI=1S/C25H27FN4O4/c1-16(31)27-19-8-6-17(7-9-19)11-28-14-25(15-28)24(34)29(12-18-4-2-3-5-21(18)26)23(33)22-10-20(32)13-30(22)25/h2-9,20,22,32H,10-15H2,1H3,(H,27,31)/t20-,22+/m1/s1. The van der Waals surface area contributed by atoms with Crippen LogP contribution in [0.1, 0.15) is 24.5 Å². The number of amides is 3. The maximum atomic E-state index is 14.3. The first kappa shape index (κ1) is 22.6. The summed E-state index contributed by atoms with van der Waals surface area (Å²) >= 11 is 0. The first-order valence-corrected chi connectivity index (χ1v) is 11.4. The van der Waals surface area contributed by atoms with E-state index in [-0.39, 0.29) is 37.2 Å². The Balaban J connectivity index is 1.34. The number of carbonyl (C=O) groups excluding carboxylic acids is 3. The lowest BCUT2D eigenvalue weighted by Gasteiger charge is -2.58. The van der Waals surface area contributed by atoms with Crippen molar-refractivity contribution in [2.24, 2.45) is 0 Å². The number of hydrogen-bond acceptors (Lipinski definition) is 6. The van der Waals surface area contributed by atoms with E-state index >= 15 is 0 Å². The Labute approximate surface area is 196 Å². The monoisotopic (exact) mass is 466 g/mol. The number of hydrogen-bond donors (Lipinski definition) is 2. The Bertz CT molecular complexity index is 1130. The highest BCUT2D eigenvalue weighted by molar-refractivity contribution is 6.06. The van der Waals surface area contributed by atoms with E-state index in [9.17, 15) is 23.9 Å². The molecule has 3 aliphatic rings. The molecule has 0 bridgehead atoms. The number of piperazine rings is 1. The fraction of sp³-hybridized carbons (Fsp3) is 0.400. The summed E-state index contributed by atoms with van der Waals surface area (Å²) in [4.78, 5) is 43.2. The van der Waals surface area contributed by atoms with Crippen LogP contribution in [0.15, 0.2) is 48.5 Å². The molecule has 3 aliphatic heterocycles. The molecule has 0 aliphatic carbocycles. The van der Waals surface area contributed by atoms with Crippen molar-refractivity contribution < 1.29 is 23.9 Å². The van der Waals surface area contributed by atoms with Gasteiger partial charge in [-0.25, -0.2) is 4.39 Å². The minimum atomic E-state index is -0.905. The lowest BCUT2D eigenvalue weighted by molar-refractivity contribution is -0.181. The number of nitrogens with one attached hydrogen (secondary N) is 1. The van der Waals surface area contributed by atoms with Crippen molar-refractivity contribution in [1.82, 2.24) is 14.7 Å². The van der Waals surface area contributed by atoms with E-state index in [4.69, 9.17) is 0 Å². The zero-order valence-electron chi connectivity index (χ0n) is 18.9. The molecule has 2 aromatic carbocycles. The highest BCUT2D eigenvalue weighted by Gasteiger charge is 2.64. The third kappa shape index (κ3) is 3.89. The molecule has 0 aromatic heterocycles. The van der Waals surface area contributed by atoms with Gasteiger partial charge in [-0.2, -0.15) is 0 Å². The number of β-amino-alcohol motifs (C(OH)–C–C–N with tert-alkyl or cyclic N) is 1. The molecule has 2 atom stereocenters. The first-order chi connectivity index (χ1) is 16.3. The lowest BCUT2D eigenvalue weighted by atomic mass is 9.82. The Kier molecular flexibility index (Phi) is 5.71. The Hall–Kier alpha value is -3.14. The fourth-order valence-corrected chi connectivity index (χ4v) is 5.40.